The maximum atomic E-state index is 13.9. The van der Waals surface area contributed by atoms with E-state index in [9.17, 15) is 28.8 Å². The molecule has 1 unspecified atom stereocenters. The predicted octanol–water partition coefficient (Wildman–Crippen LogP) is 2.06. The summed E-state index contributed by atoms with van der Waals surface area (Å²) in [6.45, 7) is 4.89. The zero-order chi connectivity index (χ0) is 39.3. The second-order valence-electron chi connectivity index (χ2n) is 13.9. The molecule has 3 heterocycles. The lowest BCUT2D eigenvalue weighted by Crippen LogP contribution is -2.56. The summed E-state index contributed by atoms with van der Waals surface area (Å²) in [6.07, 6.45) is 3.98. The van der Waals surface area contributed by atoms with Crippen molar-refractivity contribution in [2.75, 3.05) is 59.7 Å². The molecule has 0 bridgehead atoms. The van der Waals surface area contributed by atoms with E-state index in [1.807, 2.05) is 13.0 Å². The number of methoxy groups -OCH3 is 1. The molecule has 0 spiro atoms. The largest absolute Gasteiger partial charge is 0.467 e. The first-order chi connectivity index (χ1) is 26.6. The van der Waals surface area contributed by atoms with Gasteiger partial charge in [0.1, 0.15) is 12.1 Å². The molecule has 5 rings (SSSR count). The van der Waals surface area contributed by atoms with E-state index in [1.54, 1.807) is 38.3 Å². The Morgan fingerprint density at radius 1 is 0.909 bits per heavy atom. The van der Waals surface area contributed by atoms with E-state index in [-0.39, 0.29) is 87.8 Å². The highest BCUT2D eigenvalue weighted by Crippen LogP contribution is 2.24. The Balaban J connectivity index is 1.28. The fourth-order valence-corrected chi connectivity index (χ4v) is 6.56. The lowest BCUT2D eigenvalue weighted by atomic mass is 9.93. The third-order valence-corrected chi connectivity index (χ3v) is 10.1. The van der Waals surface area contributed by atoms with Gasteiger partial charge in [-0.15, -0.1) is 0 Å². The van der Waals surface area contributed by atoms with Gasteiger partial charge in [0.15, 0.2) is 12.3 Å². The molecule has 2 aromatic rings. The van der Waals surface area contributed by atoms with Crippen molar-refractivity contribution >= 4 is 35.7 Å². The molecule has 0 radical (unpaired) electrons. The van der Waals surface area contributed by atoms with Crippen molar-refractivity contribution < 1.29 is 47.7 Å². The Hall–Kier alpha value is -5.19. The molecule has 2 saturated heterocycles. The van der Waals surface area contributed by atoms with Crippen LogP contribution in [0.25, 0.3) is 5.69 Å². The number of ether oxygens (including phenoxy) is 4. The van der Waals surface area contributed by atoms with Gasteiger partial charge in [-0.25, -0.2) is 9.48 Å². The SMILES string of the molecule is CCOC(=O)N1CCN(C(=O)[C@H](CCC(=O)OCCC(C)OC)NC(=O)c2cc(OCC(=O)N3CCC[C@H]3C(=O)NC3CCC3)n(-c3ccccc3)n2)CC1. The van der Waals surface area contributed by atoms with Crippen LogP contribution in [0.5, 0.6) is 5.88 Å². The first kappa shape index (κ1) is 41.0. The third kappa shape index (κ3) is 11.2. The molecule has 3 aliphatic rings. The van der Waals surface area contributed by atoms with Crippen molar-refractivity contribution in [1.82, 2.24) is 35.1 Å². The van der Waals surface area contributed by atoms with Crippen LogP contribution in [0, 0.1) is 0 Å². The predicted molar refractivity (Wildman–Crippen MR) is 197 cm³/mol. The van der Waals surface area contributed by atoms with Crippen molar-refractivity contribution in [3.63, 3.8) is 0 Å². The zero-order valence-corrected chi connectivity index (χ0v) is 31.9. The van der Waals surface area contributed by atoms with Crippen LogP contribution < -0.4 is 15.4 Å². The number of carbonyl (C=O) groups excluding carboxylic acids is 6. The van der Waals surface area contributed by atoms with Crippen molar-refractivity contribution in [2.24, 2.45) is 0 Å². The normalized spacial score (nSPS) is 18.2. The van der Waals surface area contributed by atoms with E-state index in [4.69, 9.17) is 18.9 Å². The minimum Gasteiger partial charge on any atom is -0.467 e. The second-order valence-corrected chi connectivity index (χ2v) is 13.9. The highest BCUT2D eigenvalue weighted by atomic mass is 16.6. The average Bonchev–Trinajstić information content (AvgIpc) is 3.85. The van der Waals surface area contributed by atoms with Gasteiger partial charge in [-0.1, -0.05) is 18.2 Å². The first-order valence-electron chi connectivity index (χ1n) is 19.2. The monoisotopic (exact) mass is 767 g/mol. The summed E-state index contributed by atoms with van der Waals surface area (Å²) in [7, 11) is 1.57. The minimum atomic E-state index is -1.13. The summed E-state index contributed by atoms with van der Waals surface area (Å²) in [5, 5.41) is 10.3. The summed E-state index contributed by atoms with van der Waals surface area (Å²) >= 11 is 0. The molecule has 17 nitrogen and oxygen atoms in total. The second kappa shape index (κ2) is 19.9. The van der Waals surface area contributed by atoms with Gasteiger partial charge in [0.05, 0.1) is 25.0 Å². The maximum absolute atomic E-state index is 13.9. The van der Waals surface area contributed by atoms with Crippen LogP contribution in [0.2, 0.25) is 0 Å². The van der Waals surface area contributed by atoms with Gasteiger partial charge in [0.2, 0.25) is 17.7 Å². The number of amides is 5. The Morgan fingerprint density at radius 3 is 2.31 bits per heavy atom. The van der Waals surface area contributed by atoms with Crippen LogP contribution in [-0.2, 0) is 33.4 Å². The van der Waals surface area contributed by atoms with Crippen LogP contribution in [0.4, 0.5) is 4.79 Å². The van der Waals surface area contributed by atoms with Gasteiger partial charge in [0.25, 0.3) is 11.8 Å². The molecule has 1 saturated carbocycles. The van der Waals surface area contributed by atoms with Crippen LogP contribution in [0.3, 0.4) is 0 Å². The van der Waals surface area contributed by atoms with E-state index < -0.39 is 42.6 Å². The van der Waals surface area contributed by atoms with Crippen LogP contribution in [0.15, 0.2) is 36.4 Å². The van der Waals surface area contributed by atoms with Gasteiger partial charge < -0.3 is 44.3 Å². The van der Waals surface area contributed by atoms with Gasteiger partial charge in [-0.05, 0) is 64.5 Å². The van der Waals surface area contributed by atoms with Crippen molar-refractivity contribution in [2.45, 2.75) is 89.4 Å². The van der Waals surface area contributed by atoms with Crippen LogP contribution in [-0.4, -0.2) is 144 Å². The standard InChI is InChI=1S/C38H53N7O10/c1-4-53-38(51)43-21-19-42(20-22-43)37(50)29(15-16-34(47)54-23-17-26(2)52-3)40-35(48)30-24-33(45(41-30)28-12-6-5-7-13-28)55-25-32(46)44-18-9-14-31(44)36(49)39-27-10-8-11-27/h5-7,12-13,24,26-27,29,31H,4,8-11,14-23,25H2,1-3H3,(H,39,49)(H,40,48)/t26?,29-,31-/m0/s1. The van der Waals surface area contributed by atoms with E-state index in [1.165, 1.54) is 25.4 Å². The van der Waals surface area contributed by atoms with Gasteiger partial charge in [-0.3, -0.25) is 24.0 Å². The molecular formula is C38H53N7O10. The zero-order valence-electron chi connectivity index (χ0n) is 31.9. The summed E-state index contributed by atoms with van der Waals surface area (Å²) in [4.78, 5) is 83.5. The van der Waals surface area contributed by atoms with Crippen LogP contribution >= 0.6 is 0 Å². The fourth-order valence-electron chi connectivity index (χ4n) is 6.56. The van der Waals surface area contributed by atoms with Gasteiger partial charge >= 0.3 is 12.1 Å². The number of aromatic nitrogens is 2. The molecule has 300 valence electrons. The number of para-hydroxylation sites is 1. The molecule has 3 fully saturated rings. The summed E-state index contributed by atoms with van der Waals surface area (Å²) in [6, 6.07) is 8.75. The number of hydrogen-bond acceptors (Lipinski definition) is 11. The summed E-state index contributed by atoms with van der Waals surface area (Å²) < 4.78 is 23.0. The summed E-state index contributed by atoms with van der Waals surface area (Å²) in [5.74, 6) is -2.08. The molecule has 1 aliphatic carbocycles. The van der Waals surface area contributed by atoms with Gasteiger partial charge in [0, 0.05) is 64.8 Å². The smallest absolute Gasteiger partial charge is 0.409 e. The topological polar surface area (TPSA) is 191 Å². The van der Waals surface area contributed by atoms with E-state index >= 15 is 0 Å². The fraction of sp³-hybridized carbons (Fsp3) is 0.605. The van der Waals surface area contributed by atoms with E-state index in [2.05, 4.69) is 15.7 Å². The van der Waals surface area contributed by atoms with Crippen molar-refractivity contribution in [3.05, 3.63) is 42.1 Å². The maximum Gasteiger partial charge on any atom is 0.409 e. The number of rotatable bonds is 17. The summed E-state index contributed by atoms with van der Waals surface area (Å²) in [5.41, 5.74) is 0.465. The molecule has 3 atom stereocenters. The molecule has 55 heavy (non-hydrogen) atoms. The average molecular weight is 768 g/mol. The molecule has 2 aliphatic heterocycles. The Bertz CT molecular complexity index is 1640. The Labute approximate surface area is 320 Å². The number of esters is 1. The molecule has 1 aromatic heterocycles. The Morgan fingerprint density at radius 2 is 1.64 bits per heavy atom. The van der Waals surface area contributed by atoms with E-state index in [0.717, 1.165) is 19.3 Å². The number of nitrogens with one attached hydrogen (secondary N) is 2. The Kier molecular flexibility index (Phi) is 14.9. The molecule has 1 aromatic carbocycles. The lowest BCUT2D eigenvalue weighted by molar-refractivity contribution is -0.145. The molecule has 5 amide bonds. The number of piperazine rings is 1. The van der Waals surface area contributed by atoms with Crippen LogP contribution in [0.1, 0.15) is 75.7 Å². The number of benzene rings is 1. The third-order valence-electron chi connectivity index (χ3n) is 10.1. The number of likely N-dealkylation sites (tertiary alicyclic amines) is 1. The number of carbonyl (C=O) groups is 6. The van der Waals surface area contributed by atoms with E-state index in [0.29, 0.717) is 31.5 Å². The number of nitrogens with zero attached hydrogens (tertiary/aromatic N) is 5. The highest BCUT2D eigenvalue weighted by molar-refractivity contribution is 5.96. The first-order valence-corrected chi connectivity index (χ1v) is 19.2. The van der Waals surface area contributed by atoms with Gasteiger partial charge in [-0.2, -0.15) is 5.10 Å². The molecule has 2 N–H and O–H groups in total. The van der Waals surface area contributed by atoms with Crippen molar-refractivity contribution in [1.29, 1.82) is 0 Å². The number of hydrogen-bond donors (Lipinski definition) is 2. The lowest BCUT2D eigenvalue weighted by Gasteiger charge is -2.35. The molecular weight excluding hydrogens is 714 g/mol. The molecule has 17 heteroatoms. The quantitative estimate of drug-likeness (QED) is 0.224. The minimum absolute atomic E-state index is 0.0517. The van der Waals surface area contributed by atoms with Crippen molar-refractivity contribution in [3.8, 4) is 11.6 Å². The highest BCUT2D eigenvalue weighted by Gasteiger charge is 2.36.